The van der Waals surface area contributed by atoms with Crippen LogP contribution >= 0.6 is 0 Å². The summed E-state index contributed by atoms with van der Waals surface area (Å²) in [5.41, 5.74) is 7.59. The molecule has 0 aliphatic carbocycles. The molecule has 3 heterocycles. The first-order chi connectivity index (χ1) is 8.56. The Morgan fingerprint density at radius 3 is 2.50 bits per heavy atom. The number of carbonyl (C=O) groups excluding carboxylic acids is 1. The van der Waals surface area contributed by atoms with Crippen LogP contribution < -0.4 is 5.73 Å². The number of piperidine rings is 1. The second-order valence-corrected chi connectivity index (χ2v) is 5.63. The molecule has 5 nitrogen and oxygen atoms in total. The maximum absolute atomic E-state index is 12.6. The minimum Gasteiger partial charge on any atom is -0.332 e. The molecule has 1 amide bonds. The Hall–Kier alpha value is -1.36. The summed E-state index contributed by atoms with van der Waals surface area (Å²) in [5.74, 6) is 0.139. The van der Waals surface area contributed by atoms with Gasteiger partial charge in [-0.1, -0.05) is 0 Å². The molecule has 3 rings (SSSR count). The van der Waals surface area contributed by atoms with Crippen LogP contribution in [0.3, 0.4) is 0 Å². The van der Waals surface area contributed by atoms with Crippen molar-refractivity contribution in [1.82, 2.24) is 14.7 Å². The molecule has 1 aromatic rings. The van der Waals surface area contributed by atoms with E-state index < -0.39 is 0 Å². The number of hydrogen-bond acceptors (Lipinski definition) is 3. The number of rotatable bonds is 1. The zero-order valence-corrected chi connectivity index (χ0v) is 11.0. The van der Waals surface area contributed by atoms with Gasteiger partial charge < -0.3 is 10.6 Å². The summed E-state index contributed by atoms with van der Waals surface area (Å²) in [4.78, 5) is 14.7. The molecule has 2 N–H and O–H groups in total. The SMILES string of the molecule is Cc1nn(C)cc1C(=O)N1C2CCC1CC(N)C2. The van der Waals surface area contributed by atoms with Crippen LogP contribution in [0.2, 0.25) is 0 Å². The zero-order valence-electron chi connectivity index (χ0n) is 11.0. The normalized spacial score (nSPS) is 30.8. The Balaban J connectivity index is 1.88. The van der Waals surface area contributed by atoms with Crippen LogP contribution in [-0.2, 0) is 7.05 Å². The highest BCUT2D eigenvalue weighted by molar-refractivity contribution is 5.95. The molecular weight excluding hydrogens is 228 g/mol. The largest absolute Gasteiger partial charge is 0.332 e. The summed E-state index contributed by atoms with van der Waals surface area (Å²) in [6, 6.07) is 0.943. The lowest BCUT2D eigenvalue weighted by atomic mass is 9.97. The Morgan fingerprint density at radius 2 is 2.00 bits per heavy atom. The maximum Gasteiger partial charge on any atom is 0.257 e. The van der Waals surface area contributed by atoms with Gasteiger partial charge in [-0.25, -0.2) is 0 Å². The lowest BCUT2D eigenvalue weighted by Gasteiger charge is -2.37. The molecule has 2 saturated heterocycles. The van der Waals surface area contributed by atoms with Gasteiger partial charge in [0.25, 0.3) is 5.91 Å². The fraction of sp³-hybridized carbons (Fsp3) is 0.692. The van der Waals surface area contributed by atoms with Gasteiger partial charge in [-0.15, -0.1) is 0 Å². The highest BCUT2D eigenvalue weighted by Crippen LogP contribution is 2.36. The van der Waals surface area contributed by atoms with Crippen LogP contribution in [0.1, 0.15) is 41.7 Å². The van der Waals surface area contributed by atoms with Crippen LogP contribution in [0.4, 0.5) is 0 Å². The molecule has 18 heavy (non-hydrogen) atoms. The molecule has 2 atom stereocenters. The van der Waals surface area contributed by atoms with E-state index in [9.17, 15) is 4.79 Å². The molecule has 98 valence electrons. The average molecular weight is 248 g/mol. The van der Waals surface area contributed by atoms with Gasteiger partial charge in [0.05, 0.1) is 11.3 Å². The molecule has 0 saturated carbocycles. The van der Waals surface area contributed by atoms with E-state index in [2.05, 4.69) is 10.00 Å². The number of aryl methyl sites for hydroxylation is 2. The van der Waals surface area contributed by atoms with Gasteiger partial charge in [-0.05, 0) is 32.6 Å². The second kappa shape index (κ2) is 4.09. The minimum absolute atomic E-state index is 0.139. The number of nitrogens with two attached hydrogens (primary N) is 1. The standard InChI is InChI=1S/C13H20N4O/c1-8-12(7-16(2)15-8)13(18)17-10-3-4-11(17)6-9(14)5-10/h7,9-11H,3-6,14H2,1-2H3. The predicted molar refractivity (Wildman–Crippen MR) is 68.1 cm³/mol. The van der Waals surface area contributed by atoms with Crippen molar-refractivity contribution in [2.45, 2.75) is 50.7 Å². The van der Waals surface area contributed by atoms with Gasteiger partial charge in [-0.3, -0.25) is 9.48 Å². The van der Waals surface area contributed by atoms with Crippen LogP contribution in [0.15, 0.2) is 6.20 Å². The Kier molecular flexibility index (Phi) is 2.66. The zero-order chi connectivity index (χ0) is 12.9. The van der Waals surface area contributed by atoms with Gasteiger partial charge in [0.2, 0.25) is 0 Å². The minimum atomic E-state index is 0.139. The molecular formula is C13H20N4O. The van der Waals surface area contributed by atoms with E-state index in [-0.39, 0.29) is 11.9 Å². The highest BCUT2D eigenvalue weighted by atomic mass is 16.2. The average Bonchev–Trinajstić information content (AvgIpc) is 2.76. The van der Waals surface area contributed by atoms with Crippen molar-refractivity contribution in [3.63, 3.8) is 0 Å². The van der Waals surface area contributed by atoms with E-state index in [1.165, 1.54) is 0 Å². The molecule has 0 aromatic carbocycles. The topological polar surface area (TPSA) is 64.2 Å². The van der Waals surface area contributed by atoms with E-state index in [0.29, 0.717) is 12.1 Å². The van der Waals surface area contributed by atoms with Crippen LogP contribution in [-0.4, -0.2) is 38.7 Å². The molecule has 0 radical (unpaired) electrons. The molecule has 2 bridgehead atoms. The number of amides is 1. The summed E-state index contributed by atoms with van der Waals surface area (Å²) in [6.07, 6.45) is 5.92. The van der Waals surface area contributed by atoms with Gasteiger partial charge in [0.15, 0.2) is 0 Å². The first kappa shape index (κ1) is 11.7. The van der Waals surface area contributed by atoms with Gasteiger partial charge in [0, 0.05) is 31.4 Å². The predicted octanol–water partition coefficient (Wildman–Crippen LogP) is 0.823. The van der Waals surface area contributed by atoms with Gasteiger partial charge in [0.1, 0.15) is 0 Å². The van der Waals surface area contributed by atoms with Crippen LogP contribution in [0.5, 0.6) is 0 Å². The molecule has 5 heteroatoms. The number of carbonyl (C=O) groups is 1. The number of hydrogen-bond donors (Lipinski definition) is 1. The first-order valence-electron chi connectivity index (χ1n) is 6.64. The molecule has 1 aromatic heterocycles. The van der Waals surface area contributed by atoms with Crippen molar-refractivity contribution in [1.29, 1.82) is 0 Å². The Bertz CT molecular complexity index is 467. The molecule has 2 fully saturated rings. The van der Waals surface area contributed by atoms with E-state index in [1.54, 1.807) is 4.68 Å². The summed E-state index contributed by atoms with van der Waals surface area (Å²) in [6.45, 7) is 1.89. The second-order valence-electron chi connectivity index (χ2n) is 5.63. The van der Waals surface area contributed by atoms with Gasteiger partial charge >= 0.3 is 0 Å². The number of nitrogens with zero attached hydrogens (tertiary/aromatic N) is 3. The van der Waals surface area contributed by atoms with Crippen molar-refractivity contribution in [3.8, 4) is 0 Å². The monoisotopic (exact) mass is 248 g/mol. The number of fused-ring (bicyclic) bond motifs is 2. The summed E-state index contributed by atoms with van der Waals surface area (Å²) in [7, 11) is 1.85. The Morgan fingerprint density at radius 1 is 1.39 bits per heavy atom. The highest BCUT2D eigenvalue weighted by Gasteiger charge is 2.42. The van der Waals surface area contributed by atoms with Crippen molar-refractivity contribution < 1.29 is 4.79 Å². The summed E-state index contributed by atoms with van der Waals surface area (Å²) < 4.78 is 1.71. The quantitative estimate of drug-likeness (QED) is 0.800. The van der Waals surface area contributed by atoms with Crippen LogP contribution in [0, 0.1) is 6.92 Å². The summed E-state index contributed by atoms with van der Waals surface area (Å²) in [5, 5.41) is 4.26. The fourth-order valence-electron chi connectivity index (χ4n) is 3.50. The van der Waals surface area contributed by atoms with Crippen molar-refractivity contribution in [3.05, 3.63) is 17.5 Å². The van der Waals surface area contributed by atoms with E-state index in [4.69, 9.17) is 5.73 Å². The van der Waals surface area contributed by atoms with Crippen molar-refractivity contribution in [2.75, 3.05) is 0 Å². The third kappa shape index (κ3) is 1.73. The first-order valence-corrected chi connectivity index (χ1v) is 6.64. The maximum atomic E-state index is 12.6. The number of aromatic nitrogens is 2. The molecule has 2 aliphatic rings. The molecule has 2 aliphatic heterocycles. The van der Waals surface area contributed by atoms with Gasteiger partial charge in [-0.2, -0.15) is 5.10 Å². The summed E-state index contributed by atoms with van der Waals surface area (Å²) >= 11 is 0. The van der Waals surface area contributed by atoms with E-state index in [0.717, 1.165) is 36.9 Å². The smallest absolute Gasteiger partial charge is 0.257 e. The lowest BCUT2D eigenvalue weighted by Crippen LogP contribution is -2.50. The third-order valence-electron chi connectivity index (χ3n) is 4.25. The van der Waals surface area contributed by atoms with Crippen molar-refractivity contribution >= 4 is 5.91 Å². The van der Waals surface area contributed by atoms with E-state index in [1.807, 2.05) is 20.2 Å². The molecule has 0 spiro atoms. The van der Waals surface area contributed by atoms with E-state index >= 15 is 0 Å². The molecule has 2 unspecified atom stereocenters. The van der Waals surface area contributed by atoms with Crippen molar-refractivity contribution in [2.24, 2.45) is 12.8 Å². The fourth-order valence-corrected chi connectivity index (χ4v) is 3.50. The lowest BCUT2D eigenvalue weighted by molar-refractivity contribution is 0.0574. The Labute approximate surface area is 107 Å². The third-order valence-corrected chi connectivity index (χ3v) is 4.25. The van der Waals surface area contributed by atoms with Crippen LogP contribution in [0.25, 0.3) is 0 Å².